The first kappa shape index (κ1) is 20.5. The number of carbonyl (C=O) groups is 1. The molecule has 11 nitrogen and oxygen atoms in total. The molecule has 0 saturated carbocycles. The van der Waals surface area contributed by atoms with E-state index in [1.807, 2.05) is 4.98 Å². The van der Waals surface area contributed by atoms with E-state index < -0.39 is 33.5 Å². The number of hydrazone groups is 1. The molecule has 0 bridgehead atoms. The van der Waals surface area contributed by atoms with Crippen molar-refractivity contribution < 1.29 is 14.8 Å². The lowest BCUT2D eigenvalue weighted by molar-refractivity contribution is -0.384. The lowest BCUT2D eigenvalue weighted by Crippen LogP contribution is -2.31. The number of aromatic nitrogens is 2. The number of nitrogens with zero attached hydrogens (tertiary/aromatic N) is 3. The van der Waals surface area contributed by atoms with Gasteiger partial charge in [0.2, 0.25) is 5.88 Å². The number of H-pyrrole nitrogens is 1. The van der Waals surface area contributed by atoms with Crippen LogP contribution in [0.25, 0.3) is 5.69 Å². The van der Waals surface area contributed by atoms with Crippen molar-refractivity contribution in [1.29, 1.82) is 0 Å². The monoisotopic (exact) mass is 429 g/mol. The fourth-order valence-corrected chi connectivity index (χ4v) is 2.67. The maximum Gasteiger partial charge on any atom is 0.335 e. The average Bonchev–Trinajstić information content (AvgIpc) is 2.70. The topological polar surface area (TPSA) is 160 Å². The Kier molecular flexibility index (Phi) is 5.74. The van der Waals surface area contributed by atoms with Crippen LogP contribution in [-0.2, 0) is 0 Å². The van der Waals surface area contributed by atoms with Crippen LogP contribution in [0.15, 0.2) is 63.2 Å². The highest BCUT2D eigenvalue weighted by Gasteiger charge is 2.15. The molecule has 3 N–H and O–H groups in total. The first-order valence-corrected chi connectivity index (χ1v) is 8.58. The number of nitro benzene ring substituents is 1. The molecule has 1 aromatic heterocycles. The second-order valence-electron chi connectivity index (χ2n) is 5.82. The smallest absolute Gasteiger partial charge is 0.335 e. The number of hydrogen-bond donors (Lipinski definition) is 3. The van der Waals surface area contributed by atoms with Crippen LogP contribution in [0.3, 0.4) is 0 Å². The van der Waals surface area contributed by atoms with Crippen molar-refractivity contribution in [2.24, 2.45) is 5.10 Å². The van der Waals surface area contributed by atoms with E-state index in [9.17, 15) is 29.6 Å². The summed E-state index contributed by atoms with van der Waals surface area (Å²) >= 11 is 5.89. The quantitative estimate of drug-likeness (QED) is 0.317. The Morgan fingerprint density at radius 3 is 2.67 bits per heavy atom. The number of amides is 1. The molecule has 3 rings (SSSR count). The normalized spacial score (nSPS) is 10.8. The zero-order chi connectivity index (χ0) is 21.8. The molecule has 0 spiro atoms. The van der Waals surface area contributed by atoms with Gasteiger partial charge in [-0.2, -0.15) is 5.10 Å². The van der Waals surface area contributed by atoms with E-state index in [0.717, 1.165) is 16.8 Å². The minimum atomic E-state index is -0.941. The summed E-state index contributed by atoms with van der Waals surface area (Å²) in [7, 11) is 0. The van der Waals surface area contributed by atoms with Gasteiger partial charge in [-0.05, 0) is 24.3 Å². The van der Waals surface area contributed by atoms with E-state index in [1.54, 1.807) is 12.1 Å². The summed E-state index contributed by atoms with van der Waals surface area (Å²) in [5.41, 5.74) is -0.298. The number of aromatic hydroxyl groups is 1. The molecule has 0 fully saturated rings. The van der Waals surface area contributed by atoms with Gasteiger partial charge in [0.25, 0.3) is 17.2 Å². The molecule has 0 radical (unpaired) electrons. The molecule has 0 saturated heterocycles. The van der Waals surface area contributed by atoms with Crippen molar-refractivity contribution in [3.05, 3.63) is 95.6 Å². The van der Waals surface area contributed by atoms with Gasteiger partial charge < -0.3 is 5.11 Å². The van der Waals surface area contributed by atoms with Crippen LogP contribution >= 0.6 is 11.6 Å². The van der Waals surface area contributed by atoms with Gasteiger partial charge in [0.15, 0.2) is 0 Å². The lowest BCUT2D eigenvalue weighted by atomic mass is 10.2. The van der Waals surface area contributed by atoms with Crippen molar-refractivity contribution in [2.45, 2.75) is 0 Å². The number of halogens is 1. The van der Waals surface area contributed by atoms with Gasteiger partial charge in [0.1, 0.15) is 5.56 Å². The van der Waals surface area contributed by atoms with Crippen LogP contribution in [0.2, 0.25) is 5.02 Å². The number of non-ortho nitro benzene ring substituents is 1. The fourth-order valence-electron chi connectivity index (χ4n) is 2.49. The Morgan fingerprint density at radius 2 is 1.97 bits per heavy atom. The highest BCUT2D eigenvalue weighted by Crippen LogP contribution is 2.18. The number of aromatic amines is 1. The summed E-state index contributed by atoms with van der Waals surface area (Å²) in [6.07, 6.45) is 0.837. The molecule has 152 valence electrons. The largest absolute Gasteiger partial charge is 0.493 e. The molecule has 0 aliphatic carbocycles. The van der Waals surface area contributed by atoms with E-state index in [0.29, 0.717) is 5.02 Å². The van der Waals surface area contributed by atoms with Crippen molar-refractivity contribution >= 4 is 29.4 Å². The summed E-state index contributed by atoms with van der Waals surface area (Å²) in [6, 6.07) is 10.9. The van der Waals surface area contributed by atoms with Crippen molar-refractivity contribution in [1.82, 2.24) is 15.0 Å². The molecular formula is C18H12ClN5O6. The fraction of sp³-hybridized carbons (Fsp3) is 0. The van der Waals surface area contributed by atoms with Gasteiger partial charge in [-0.3, -0.25) is 24.7 Å². The highest BCUT2D eigenvalue weighted by atomic mass is 35.5. The van der Waals surface area contributed by atoms with Crippen molar-refractivity contribution in [3.63, 3.8) is 0 Å². The molecule has 0 aliphatic rings. The number of hydrogen-bond acceptors (Lipinski definition) is 7. The second kappa shape index (κ2) is 8.41. The zero-order valence-corrected chi connectivity index (χ0v) is 15.7. The summed E-state index contributed by atoms with van der Waals surface area (Å²) in [5, 5.41) is 25.1. The van der Waals surface area contributed by atoms with E-state index in [1.165, 1.54) is 30.3 Å². The van der Waals surface area contributed by atoms with Gasteiger partial charge in [-0.25, -0.2) is 14.8 Å². The summed E-state index contributed by atoms with van der Waals surface area (Å²) in [6.45, 7) is 0. The number of nitro groups is 1. The summed E-state index contributed by atoms with van der Waals surface area (Å²) in [5.74, 6) is -1.51. The van der Waals surface area contributed by atoms with Gasteiger partial charge in [0.05, 0.1) is 16.8 Å². The maximum absolute atomic E-state index is 12.1. The van der Waals surface area contributed by atoms with Crippen molar-refractivity contribution in [3.8, 4) is 11.6 Å². The second-order valence-corrected chi connectivity index (χ2v) is 6.25. The SMILES string of the molecule is O=C(N/N=C/c1c(O)n(-c2cccc(Cl)c2)c(=O)[nH]c1=O)c1cccc([N+](=O)[O-])c1. The Bertz CT molecular complexity index is 1300. The Hall–Kier alpha value is -4.25. The van der Waals surface area contributed by atoms with Crippen molar-refractivity contribution in [2.75, 3.05) is 0 Å². The molecular weight excluding hydrogens is 418 g/mol. The summed E-state index contributed by atoms with van der Waals surface area (Å²) < 4.78 is 0.803. The first-order valence-electron chi connectivity index (χ1n) is 8.20. The van der Waals surface area contributed by atoms with Crippen LogP contribution in [0, 0.1) is 10.1 Å². The Balaban J connectivity index is 1.91. The standard InChI is InChI=1S/C18H12ClN5O6/c19-11-4-2-5-12(8-11)23-17(27)14(16(26)21-18(23)28)9-20-22-15(25)10-3-1-6-13(7-10)24(29)30/h1-9,27H,(H,22,25)(H,21,26,28)/b20-9+. The molecule has 1 heterocycles. The van der Waals surface area contributed by atoms with Crippen LogP contribution < -0.4 is 16.7 Å². The number of benzene rings is 2. The van der Waals surface area contributed by atoms with Crippen LogP contribution in [0.4, 0.5) is 5.69 Å². The third-order valence-electron chi connectivity index (χ3n) is 3.87. The predicted molar refractivity (Wildman–Crippen MR) is 107 cm³/mol. The highest BCUT2D eigenvalue weighted by molar-refractivity contribution is 6.30. The van der Waals surface area contributed by atoms with Gasteiger partial charge in [-0.15, -0.1) is 0 Å². The molecule has 30 heavy (non-hydrogen) atoms. The molecule has 0 atom stereocenters. The molecule has 1 amide bonds. The van der Waals surface area contributed by atoms with E-state index >= 15 is 0 Å². The maximum atomic E-state index is 12.1. The molecule has 2 aromatic carbocycles. The predicted octanol–water partition coefficient (Wildman–Crippen LogP) is 1.56. The molecule has 12 heteroatoms. The Labute approximate surface area is 172 Å². The molecule has 3 aromatic rings. The van der Waals surface area contributed by atoms with Gasteiger partial charge in [0, 0.05) is 22.7 Å². The summed E-state index contributed by atoms with van der Waals surface area (Å²) in [4.78, 5) is 48.4. The van der Waals surface area contributed by atoms with Crippen LogP contribution in [0.5, 0.6) is 5.88 Å². The van der Waals surface area contributed by atoms with Crippen LogP contribution in [-0.4, -0.2) is 31.7 Å². The van der Waals surface area contributed by atoms with Gasteiger partial charge >= 0.3 is 5.69 Å². The van der Waals surface area contributed by atoms with E-state index in [-0.39, 0.29) is 16.9 Å². The van der Waals surface area contributed by atoms with E-state index in [4.69, 9.17) is 11.6 Å². The third-order valence-corrected chi connectivity index (χ3v) is 4.10. The molecule has 0 unspecified atom stereocenters. The number of rotatable bonds is 5. The Morgan fingerprint density at radius 1 is 1.23 bits per heavy atom. The minimum absolute atomic E-state index is 0.0385. The number of nitrogens with one attached hydrogen (secondary N) is 2. The number of carbonyl (C=O) groups excluding carboxylic acids is 1. The van der Waals surface area contributed by atoms with E-state index in [2.05, 4.69) is 10.5 Å². The average molecular weight is 430 g/mol. The van der Waals surface area contributed by atoms with Crippen LogP contribution in [0.1, 0.15) is 15.9 Å². The lowest BCUT2D eigenvalue weighted by Gasteiger charge is -2.09. The third kappa shape index (κ3) is 4.25. The first-order chi connectivity index (χ1) is 14.3. The minimum Gasteiger partial charge on any atom is -0.493 e. The van der Waals surface area contributed by atoms with Gasteiger partial charge in [-0.1, -0.05) is 23.7 Å². The zero-order valence-electron chi connectivity index (χ0n) is 14.9. The molecule has 0 aliphatic heterocycles.